The summed E-state index contributed by atoms with van der Waals surface area (Å²) in [5.74, 6) is 3.01. The van der Waals surface area contributed by atoms with Crippen molar-refractivity contribution in [3.63, 3.8) is 0 Å². The number of benzene rings is 1. The maximum atomic E-state index is 11.7. The van der Waals surface area contributed by atoms with Crippen molar-refractivity contribution in [2.45, 2.75) is 50.4 Å². The highest BCUT2D eigenvalue weighted by atomic mass is 32.2. The van der Waals surface area contributed by atoms with Crippen LogP contribution in [0.25, 0.3) is 11.3 Å². The maximum absolute atomic E-state index is 11.7. The van der Waals surface area contributed by atoms with Gasteiger partial charge in [0.25, 0.3) is 5.24 Å². The molecule has 1 saturated heterocycles. The number of imide groups is 1. The number of rotatable bonds is 4. The summed E-state index contributed by atoms with van der Waals surface area (Å²) in [6.07, 6.45) is 10.3. The average Bonchev–Trinajstić information content (AvgIpc) is 3.09. The van der Waals surface area contributed by atoms with Crippen LogP contribution in [0.15, 0.2) is 36.5 Å². The number of nitrogens with zero attached hydrogens (tertiary/aromatic N) is 1. The molecule has 2 amide bonds. The molecule has 4 saturated carbocycles. The Morgan fingerprint density at radius 2 is 1.78 bits per heavy atom. The van der Waals surface area contributed by atoms with Crippen LogP contribution >= 0.6 is 10.5 Å². The minimum atomic E-state index is -0.636. The average molecular weight is 449 g/mol. The van der Waals surface area contributed by atoms with Gasteiger partial charge in [-0.1, -0.05) is 16.6 Å². The van der Waals surface area contributed by atoms with Crippen LogP contribution in [-0.2, 0) is 16.6 Å². The Hall–Kier alpha value is -2.47. The third kappa shape index (κ3) is 3.49. The SMILES string of the molecule is O=C1C/S(=C\Cc2ccc(-c3ccc(O)c(C45CC6CC(CC(C6)C4)C5)c3)nc2)C(=O)N1. The molecule has 4 aliphatic carbocycles. The Balaban J connectivity index is 1.25. The molecule has 7 rings (SSSR count). The summed E-state index contributed by atoms with van der Waals surface area (Å²) in [6, 6.07) is 10.1. The van der Waals surface area contributed by atoms with Crippen molar-refractivity contribution >= 4 is 27.0 Å². The number of nitrogens with one attached hydrogen (secondary N) is 1. The predicted molar refractivity (Wildman–Crippen MR) is 127 cm³/mol. The van der Waals surface area contributed by atoms with Crippen molar-refractivity contribution in [3.05, 3.63) is 47.7 Å². The Morgan fingerprint density at radius 3 is 2.38 bits per heavy atom. The van der Waals surface area contributed by atoms with Crippen molar-refractivity contribution < 1.29 is 14.7 Å². The van der Waals surface area contributed by atoms with Crippen LogP contribution < -0.4 is 5.32 Å². The smallest absolute Gasteiger partial charge is 0.280 e. The molecule has 1 atom stereocenters. The molecule has 0 radical (unpaired) electrons. The molecule has 1 unspecified atom stereocenters. The zero-order valence-electron chi connectivity index (χ0n) is 18.0. The van der Waals surface area contributed by atoms with E-state index in [1.807, 2.05) is 35.8 Å². The molecular formula is C26H28N2O3S. The number of amides is 2. The fourth-order valence-electron chi connectivity index (χ4n) is 7.03. The van der Waals surface area contributed by atoms with Gasteiger partial charge in [0.2, 0.25) is 5.91 Å². The van der Waals surface area contributed by atoms with Gasteiger partial charge >= 0.3 is 0 Å². The maximum Gasteiger partial charge on any atom is 0.280 e. The summed E-state index contributed by atoms with van der Waals surface area (Å²) in [7, 11) is -0.636. The van der Waals surface area contributed by atoms with Crippen molar-refractivity contribution in [3.8, 4) is 17.0 Å². The zero-order valence-corrected chi connectivity index (χ0v) is 18.9. The predicted octanol–water partition coefficient (Wildman–Crippen LogP) is 4.79. The third-order valence-electron chi connectivity index (χ3n) is 8.01. The molecule has 1 aromatic heterocycles. The normalized spacial score (nSPS) is 33.1. The first kappa shape index (κ1) is 20.2. The second-order valence-electron chi connectivity index (χ2n) is 10.3. The number of carbonyl (C=O) groups is 2. The number of aromatic nitrogens is 1. The first-order valence-electron chi connectivity index (χ1n) is 11.6. The van der Waals surface area contributed by atoms with E-state index >= 15 is 0 Å². The van der Waals surface area contributed by atoms with E-state index in [9.17, 15) is 14.7 Å². The summed E-state index contributed by atoms with van der Waals surface area (Å²) >= 11 is 0. The number of aromatic hydroxyl groups is 1. The van der Waals surface area contributed by atoms with Gasteiger partial charge in [0.05, 0.1) is 11.4 Å². The van der Waals surface area contributed by atoms with Gasteiger partial charge in [0.15, 0.2) is 0 Å². The first-order valence-corrected chi connectivity index (χ1v) is 13.1. The summed E-state index contributed by atoms with van der Waals surface area (Å²) in [5.41, 5.74) is 4.24. The Bertz CT molecular complexity index is 1100. The van der Waals surface area contributed by atoms with E-state index in [1.165, 1.54) is 38.5 Å². The van der Waals surface area contributed by atoms with Crippen molar-refractivity contribution in [2.75, 3.05) is 5.75 Å². The lowest BCUT2D eigenvalue weighted by molar-refractivity contribution is -0.117. The standard InChI is InChI=1S/C26H28N2O3S/c29-23-4-2-20(10-21(23)26-11-17-7-18(12-26)9-19(8-17)13-26)22-3-1-16(14-27-22)5-6-32-15-24(30)28-25(32)31/h1-4,6,10,14,17-19,29H,5,7-9,11-13,15H2,(H,28,30,31). The highest BCUT2D eigenvalue weighted by molar-refractivity contribution is 8.28. The lowest BCUT2D eigenvalue weighted by Crippen LogP contribution is -2.48. The molecule has 1 aromatic carbocycles. The molecule has 0 spiro atoms. The van der Waals surface area contributed by atoms with Crippen LogP contribution in [0, 0.1) is 17.8 Å². The van der Waals surface area contributed by atoms with Crippen molar-refractivity contribution in [1.29, 1.82) is 0 Å². The lowest BCUT2D eigenvalue weighted by atomic mass is 9.48. The van der Waals surface area contributed by atoms with E-state index in [4.69, 9.17) is 0 Å². The summed E-state index contributed by atoms with van der Waals surface area (Å²) in [6.45, 7) is 0. The Morgan fingerprint density at radius 1 is 1.06 bits per heavy atom. The lowest BCUT2D eigenvalue weighted by Gasteiger charge is -2.57. The highest BCUT2D eigenvalue weighted by Crippen LogP contribution is 2.62. The van der Waals surface area contributed by atoms with E-state index in [2.05, 4.69) is 16.4 Å². The number of hydrogen-bond donors (Lipinski definition) is 2. The molecule has 4 bridgehead atoms. The van der Waals surface area contributed by atoms with E-state index in [1.54, 1.807) is 0 Å². The minimum Gasteiger partial charge on any atom is -0.508 e. The molecule has 166 valence electrons. The van der Waals surface area contributed by atoms with Crippen LogP contribution in [0.1, 0.15) is 49.7 Å². The molecule has 2 heterocycles. The number of pyridine rings is 1. The molecule has 6 heteroatoms. The topological polar surface area (TPSA) is 79.3 Å². The van der Waals surface area contributed by atoms with Crippen LogP contribution in [-0.4, -0.2) is 32.4 Å². The second-order valence-corrected chi connectivity index (χ2v) is 12.1. The molecule has 1 aliphatic heterocycles. The van der Waals surface area contributed by atoms with Crippen molar-refractivity contribution in [1.82, 2.24) is 10.3 Å². The minimum absolute atomic E-state index is 0.143. The van der Waals surface area contributed by atoms with E-state index in [-0.39, 0.29) is 22.3 Å². The number of hydrogen-bond acceptors (Lipinski definition) is 4. The summed E-state index contributed by atoms with van der Waals surface area (Å²) < 4.78 is 0. The van der Waals surface area contributed by atoms with Gasteiger partial charge in [-0.05, 0) is 103 Å². The zero-order chi connectivity index (χ0) is 21.9. The second kappa shape index (κ2) is 7.55. The summed E-state index contributed by atoms with van der Waals surface area (Å²) in [5, 5.41) is 14.9. The number of carbonyl (C=O) groups excluding carboxylic acids is 2. The van der Waals surface area contributed by atoms with Crippen LogP contribution in [0.2, 0.25) is 0 Å². The fourth-order valence-corrected chi connectivity index (χ4v) is 8.42. The van der Waals surface area contributed by atoms with Crippen LogP contribution in [0.5, 0.6) is 5.75 Å². The van der Waals surface area contributed by atoms with Crippen LogP contribution in [0.4, 0.5) is 4.79 Å². The highest BCUT2D eigenvalue weighted by Gasteiger charge is 2.52. The van der Waals surface area contributed by atoms with Gasteiger partial charge in [0.1, 0.15) is 5.75 Å². The quantitative estimate of drug-likeness (QED) is 0.660. The van der Waals surface area contributed by atoms with Gasteiger partial charge in [0, 0.05) is 17.3 Å². The third-order valence-corrected chi connectivity index (χ3v) is 9.73. The molecular weight excluding hydrogens is 420 g/mol. The molecule has 5 fully saturated rings. The van der Waals surface area contributed by atoms with Crippen LogP contribution in [0.3, 0.4) is 0 Å². The molecule has 5 aliphatic rings. The van der Waals surface area contributed by atoms with E-state index in [0.717, 1.165) is 40.1 Å². The summed E-state index contributed by atoms with van der Waals surface area (Å²) in [4.78, 5) is 27.8. The number of phenolic OH excluding ortho intramolecular Hbond substituents is 1. The van der Waals surface area contributed by atoms with E-state index in [0.29, 0.717) is 12.2 Å². The fraction of sp³-hybridized carbons (Fsp3) is 0.462. The largest absolute Gasteiger partial charge is 0.508 e. The van der Waals surface area contributed by atoms with Gasteiger partial charge in [-0.15, -0.1) is 0 Å². The van der Waals surface area contributed by atoms with Gasteiger partial charge in [-0.3, -0.25) is 19.9 Å². The Labute approximate surface area is 190 Å². The molecule has 5 nitrogen and oxygen atoms in total. The van der Waals surface area contributed by atoms with Gasteiger partial charge < -0.3 is 5.11 Å². The monoisotopic (exact) mass is 448 g/mol. The van der Waals surface area contributed by atoms with Gasteiger partial charge in [-0.25, -0.2) is 0 Å². The van der Waals surface area contributed by atoms with Crippen molar-refractivity contribution in [2.24, 2.45) is 17.8 Å². The molecule has 2 aromatic rings. The Kier molecular flexibility index (Phi) is 4.75. The number of phenols is 1. The molecule has 2 N–H and O–H groups in total. The first-order chi connectivity index (χ1) is 15.5. The molecule has 32 heavy (non-hydrogen) atoms. The van der Waals surface area contributed by atoms with E-state index < -0.39 is 10.5 Å². The van der Waals surface area contributed by atoms with Gasteiger partial charge in [-0.2, -0.15) is 0 Å².